The van der Waals surface area contributed by atoms with E-state index in [0.717, 1.165) is 4.13 Å². The first-order chi connectivity index (χ1) is 18.1. The SMILES string of the molecule is CCCCC[P+](c1ccccc1)(c1ccccc1)c1ccccc1.O=S(=O)([N-]S(=O)(=O)C(F)(F)F)C(F)(F)F. The molecule has 14 heteroatoms. The number of hydrogen-bond acceptors (Lipinski definition) is 4. The third kappa shape index (κ3) is 8.26. The van der Waals surface area contributed by atoms with Gasteiger partial charge in [-0.05, 0) is 42.8 Å². The molecule has 0 aliphatic carbocycles. The van der Waals surface area contributed by atoms with E-state index in [-0.39, 0.29) is 0 Å². The van der Waals surface area contributed by atoms with Crippen LogP contribution in [0.5, 0.6) is 0 Å². The van der Waals surface area contributed by atoms with Crippen LogP contribution in [0.4, 0.5) is 26.3 Å². The Morgan fingerprint density at radius 2 is 0.897 bits per heavy atom. The maximum absolute atomic E-state index is 11.4. The van der Waals surface area contributed by atoms with E-state index < -0.39 is 38.3 Å². The van der Waals surface area contributed by atoms with Crippen molar-refractivity contribution in [2.24, 2.45) is 0 Å². The lowest BCUT2D eigenvalue weighted by Gasteiger charge is -2.27. The molecule has 0 radical (unpaired) electrons. The lowest BCUT2D eigenvalue weighted by molar-refractivity contribution is -0.0444. The fraction of sp³-hybridized carbons (Fsp3) is 0.280. The summed E-state index contributed by atoms with van der Waals surface area (Å²) >= 11 is 0. The molecule has 0 amide bonds. The summed E-state index contributed by atoms with van der Waals surface area (Å²) in [5.74, 6) is 0. The first-order valence-electron chi connectivity index (χ1n) is 11.5. The number of unbranched alkanes of at least 4 members (excludes halogenated alkanes) is 2. The number of rotatable bonds is 9. The second-order valence-electron chi connectivity index (χ2n) is 8.16. The van der Waals surface area contributed by atoms with Crippen molar-refractivity contribution in [1.82, 2.24) is 0 Å². The van der Waals surface area contributed by atoms with Crippen molar-refractivity contribution in [2.45, 2.75) is 37.2 Å². The average Bonchev–Trinajstić information content (AvgIpc) is 2.87. The standard InChI is InChI=1S/C23H26P.C2F6NO4S2/c1-2-3-13-20-24(21-14-7-4-8-15-21,22-16-9-5-10-17-22)23-18-11-6-12-19-23;3-1(4,5)14(10,11)9-15(12,13)2(6,7)8/h4-12,14-19H,2-3,13,20H2,1H3;/q+1;-1. The summed E-state index contributed by atoms with van der Waals surface area (Å²) in [5.41, 5.74) is -12.4. The zero-order valence-electron chi connectivity index (χ0n) is 20.6. The van der Waals surface area contributed by atoms with Gasteiger partial charge < -0.3 is 4.13 Å². The third-order valence-electron chi connectivity index (χ3n) is 5.47. The number of sulfonamides is 2. The Kier molecular flexibility index (Phi) is 11.1. The van der Waals surface area contributed by atoms with Gasteiger partial charge >= 0.3 is 11.0 Å². The molecular weight excluding hydrogens is 587 g/mol. The van der Waals surface area contributed by atoms with Crippen LogP contribution in [0, 0.1) is 0 Å². The third-order valence-corrected chi connectivity index (χ3v) is 12.7. The molecular formula is C25H26F6NO4PS2. The predicted molar refractivity (Wildman–Crippen MR) is 143 cm³/mol. The zero-order valence-corrected chi connectivity index (χ0v) is 23.1. The predicted octanol–water partition coefficient (Wildman–Crippen LogP) is 6.23. The molecule has 0 bridgehead atoms. The van der Waals surface area contributed by atoms with Crippen LogP contribution in [0.15, 0.2) is 91.0 Å². The van der Waals surface area contributed by atoms with Gasteiger partial charge in [0.25, 0.3) is 0 Å². The van der Waals surface area contributed by atoms with Crippen molar-refractivity contribution in [1.29, 1.82) is 0 Å². The van der Waals surface area contributed by atoms with Crippen molar-refractivity contribution >= 4 is 43.2 Å². The Morgan fingerprint density at radius 1 is 0.590 bits per heavy atom. The Labute approximate surface area is 224 Å². The smallest absolute Gasteiger partial charge is 0.421 e. The summed E-state index contributed by atoms with van der Waals surface area (Å²) in [4.78, 5) is 0. The Bertz CT molecular complexity index is 1250. The molecule has 0 aromatic heterocycles. The molecule has 3 aromatic rings. The maximum atomic E-state index is 11.4. The van der Waals surface area contributed by atoms with Crippen molar-refractivity contribution < 1.29 is 43.2 Å². The van der Waals surface area contributed by atoms with Crippen LogP contribution < -0.4 is 15.9 Å². The lowest BCUT2D eigenvalue weighted by Crippen LogP contribution is -2.33. The van der Waals surface area contributed by atoms with Crippen LogP contribution in [-0.2, 0) is 20.0 Å². The minimum Gasteiger partial charge on any atom is -0.421 e. The average molecular weight is 614 g/mol. The van der Waals surface area contributed by atoms with Gasteiger partial charge in [-0.25, -0.2) is 16.8 Å². The highest BCUT2D eigenvalue weighted by atomic mass is 32.3. The quantitative estimate of drug-likeness (QED) is 0.163. The fourth-order valence-corrected chi connectivity index (χ4v) is 9.81. The van der Waals surface area contributed by atoms with Gasteiger partial charge in [-0.15, -0.1) is 0 Å². The second-order valence-corrected chi connectivity index (χ2v) is 15.2. The van der Waals surface area contributed by atoms with Crippen molar-refractivity contribution in [2.75, 3.05) is 6.16 Å². The minimum absolute atomic E-state index is 0.778. The first-order valence-corrected chi connectivity index (χ1v) is 16.4. The second kappa shape index (κ2) is 13.3. The summed E-state index contributed by atoms with van der Waals surface area (Å²) < 4.78 is 109. The van der Waals surface area contributed by atoms with Gasteiger partial charge in [0.1, 0.15) is 23.2 Å². The monoisotopic (exact) mass is 613 g/mol. The molecule has 3 aromatic carbocycles. The molecule has 0 spiro atoms. The van der Waals surface area contributed by atoms with Crippen LogP contribution in [0.1, 0.15) is 26.2 Å². The summed E-state index contributed by atoms with van der Waals surface area (Å²) in [6.45, 7) is 2.29. The molecule has 0 aliphatic rings. The largest absolute Gasteiger partial charge is 0.480 e. The topological polar surface area (TPSA) is 82.4 Å². The Balaban J connectivity index is 0.000000309. The van der Waals surface area contributed by atoms with Gasteiger partial charge in [0.15, 0.2) is 20.0 Å². The molecule has 0 saturated carbocycles. The molecule has 0 saturated heterocycles. The molecule has 5 nitrogen and oxygen atoms in total. The van der Waals surface area contributed by atoms with E-state index in [1.165, 1.54) is 41.3 Å². The van der Waals surface area contributed by atoms with Crippen molar-refractivity contribution in [3.05, 3.63) is 95.1 Å². The summed E-state index contributed by atoms with van der Waals surface area (Å²) in [6, 6.07) is 33.5. The molecule has 0 unspecified atom stereocenters. The van der Waals surface area contributed by atoms with E-state index in [1.54, 1.807) is 0 Å². The fourth-order valence-electron chi connectivity index (χ4n) is 3.69. The highest BCUT2D eigenvalue weighted by molar-refractivity contribution is 8.13. The molecule has 0 N–H and O–H groups in total. The molecule has 0 atom stereocenters. The lowest BCUT2D eigenvalue weighted by atomic mass is 10.3. The van der Waals surface area contributed by atoms with Gasteiger partial charge in [-0.2, -0.15) is 26.3 Å². The molecule has 0 aliphatic heterocycles. The summed E-state index contributed by atoms with van der Waals surface area (Å²) in [5, 5.41) is 4.50. The van der Waals surface area contributed by atoms with Crippen LogP contribution in [-0.4, -0.2) is 34.0 Å². The Morgan fingerprint density at radius 3 is 1.15 bits per heavy atom. The van der Waals surface area contributed by atoms with E-state index in [9.17, 15) is 43.2 Å². The Hall–Kier alpha value is -2.47. The molecule has 3 rings (SSSR count). The van der Waals surface area contributed by atoms with E-state index in [2.05, 4.69) is 97.9 Å². The van der Waals surface area contributed by atoms with Gasteiger partial charge in [-0.1, -0.05) is 74.4 Å². The summed E-state index contributed by atoms with van der Waals surface area (Å²) in [7, 11) is -15.0. The van der Waals surface area contributed by atoms with Gasteiger partial charge in [-0.3, -0.25) is 0 Å². The first kappa shape index (κ1) is 32.7. The molecule has 214 valence electrons. The highest BCUT2D eigenvalue weighted by Crippen LogP contribution is 2.55. The number of hydrogen-bond donors (Lipinski definition) is 0. The van der Waals surface area contributed by atoms with Gasteiger partial charge in [0.2, 0.25) is 0 Å². The number of nitrogens with zero attached hydrogens (tertiary/aromatic N) is 1. The van der Waals surface area contributed by atoms with E-state index in [4.69, 9.17) is 0 Å². The number of halogens is 6. The number of alkyl halides is 6. The molecule has 0 fully saturated rings. The molecule has 0 heterocycles. The zero-order chi connectivity index (χ0) is 29.4. The summed E-state index contributed by atoms with van der Waals surface area (Å²) in [6.07, 6.45) is 5.09. The molecule has 39 heavy (non-hydrogen) atoms. The van der Waals surface area contributed by atoms with Crippen molar-refractivity contribution in [3.63, 3.8) is 0 Å². The van der Waals surface area contributed by atoms with E-state index in [1.807, 2.05) is 0 Å². The van der Waals surface area contributed by atoms with Crippen LogP contribution in [0.2, 0.25) is 0 Å². The normalized spacial score (nSPS) is 12.9. The van der Waals surface area contributed by atoms with Crippen molar-refractivity contribution in [3.8, 4) is 0 Å². The minimum atomic E-state index is -6.72. The van der Waals surface area contributed by atoms with E-state index >= 15 is 0 Å². The van der Waals surface area contributed by atoms with Gasteiger partial charge in [0.05, 0.1) is 6.16 Å². The highest BCUT2D eigenvalue weighted by Gasteiger charge is 2.47. The van der Waals surface area contributed by atoms with Gasteiger partial charge in [0, 0.05) is 0 Å². The van der Waals surface area contributed by atoms with Crippen LogP contribution >= 0.6 is 7.26 Å². The number of benzene rings is 3. The van der Waals surface area contributed by atoms with Crippen LogP contribution in [0.25, 0.3) is 4.13 Å². The van der Waals surface area contributed by atoms with Crippen LogP contribution in [0.3, 0.4) is 0 Å². The van der Waals surface area contributed by atoms with E-state index in [0.29, 0.717) is 0 Å². The maximum Gasteiger partial charge on any atom is 0.480 e.